The van der Waals surface area contributed by atoms with E-state index in [-0.39, 0.29) is 25.0 Å². The average molecular weight is 803 g/mol. The second kappa shape index (κ2) is 14.6. The van der Waals surface area contributed by atoms with E-state index in [1.165, 1.54) is 11.1 Å². The summed E-state index contributed by atoms with van der Waals surface area (Å²) in [6.45, 7) is 3.68. The van der Waals surface area contributed by atoms with Crippen molar-refractivity contribution in [2.45, 2.75) is 19.3 Å². The van der Waals surface area contributed by atoms with E-state index in [9.17, 15) is 9.59 Å². The number of nitrogens with one attached hydrogen (secondary N) is 2. The van der Waals surface area contributed by atoms with Crippen molar-refractivity contribution in [2.75, 3.05) is 23.8 Å². The third-order valence-electron chi connectivity index (χ3n) is 9.15. The summed E-state index contributed by atoms with van der Waals surface area (Å²) in [6, 6.07) is 44.4. The number of hydrogen-bond acceptors (Lipinski definition) is 4. The van der Waals surface area contributed by atoms with Crippen molar-refractivity contribution in [2.24, 2.45) is 0 Å². The summed E-state index contributed by atoms with van der Waals surface area (Å²) in [5.41, 5.74) is 9.37. The Morgan fingerprint density at radius 3 is 1.33 bits per heavy atom. The minimum atomic E-state index is -0.636. The minimum absolute atomic E-state index is 0.103. The second-order valence-electron chi connectivity index (χ2n) is 12.5. The lowest BCUT2D eigenvalue weighted by atomic mass is 9.67. The molecule has 51 heavy (non-hydrogen) atoms. The van der Waals surface area contributed by atoms with E-state index in [0.717, 1.165) is 42.3 Å². The smallest absolute Gasteiger partial charge is 0.262 e. The van der Waals surface area contributed by atoms with Crippen LogP contribution in [0.5, 0.6) is 11.5 Å². The lowest BCUT2D eigenvalue weighted by molar-refractivity contribution is -0.118. The van der Waals surface area contributed by atoms with E-state index >= 15 is 0 Å². The largest absolute Gasteiger partial charge is 0.483 e. The van der Waals surface area contributed by atoms with Gasteiger partial charge in [0.15, 0.2) is 13.2 Å². The molecule has 0 heterocycles. The van der Waals surface area contributed by atoms with E-state index in [2.05, 4.69) is 115 Å². The Morgan fingerprint density at radius 2 is 0.941 bits per heavy atom. The Balaban J connectivity index is 1.15. The summed E-state index contributed by atoms with van der Waals surface area (Å²) in [7, 11) is 0. The van der Waals surface area contributed by atoms with Crippen molar-refractivity contribution in [1.82, 2.24) is 0 Å². The monoisotopic (exact) mass is 800 g/mol. The minimum Gasteiger partial charge on any atom is -0.483 e. The number of carbonyl (C=O) groups excluding carboxylic acids is 2. The van der Waals surface area contributed by atoms with E-state index in [0.29, 0.717) is 22.9 Å². The third-order valence-corrected chi connectivity index (χ3v) is 10.1. The first-order valence-corrected chi connectivity index (χ1v) is 18.1. The van der Waals surface area contributed by atoms with E-state index in [4.69, 9.17) is 9.47 Å². The van der Waals surface area contributed by atoms with Crippen LogP contribution in [0.15, 0.2) is 142 Å². The Morgan fingerprint density at radius 1 is 0.549 bits per heavy atom. The Labute approximate surface area is 314 Å². The molecule has 8 heteroatoms. The topological polar surface area (TPSA) is 76.7 Å². The standard InChI is InChI=1S/C43H34Br2N2O4/c1-27-23-31(44)15-21-39(27)50-25-41(48)46-33-17-11-29(12-18-33)43(37-9-5-3-7-35(37)36-8-4-6-10-38(36)43)30-13-19-34(20-14-30)47-42(49)26-51-40-22-16-32(45)24-28(40)2/h3-24H,25-26H2,1-2H3,(H,46,48)(H,47,49). The van der Waals surface area contributed by atoms with E-state index in [1.54, 1.807) is 0 Å². The molecule has 254 valence electrons. The highest BCUT2D eigenvalue weighted by Gasteiger charge is 2.45. The van der Waals surface area contributed by atoms with Gasteiger partial charge in [-0.2, -0.15) is 0 Å². The maximum atomic E-state index is 12.9. The highest BCUT2D eigenvalue weighted by atomic mass is 79.9. The molecule has 6 aromatic rings. The molecule has 7 rings (SSSR count). The van der Waals surface area contributed by atoms with Crippen molar-refractivity contribution in [3.63, 3.8) is 0 Å². The zero-order chi connectivity index (χ0) is 35.5. The molecule has 1 aliphatic rings. The van der Waals surface area contributed by atoms with Crippen LogP contribution in [0, 0.1) is 13.8 Å². The first kappa shape index (κ1) is 34.3. The lowest BCUT2D eigenvalue weighted by Gasteiger charge is -2.34. The van der Waals surface area contributed by atoms with Crippen molar-refractivity contribution < 1.29 is 19.1 Å². The van der Waals surface area contributed by atoms with Crippen LogP contribution in [0.2, 0.25) is 0 Å². The van der Waals surface area contributed by atoms with Crippen LogP contribution in [0.1, 0.15) is 33.4 Å². The summed E-state index contributed by atoms with van der Waals surface area (Å²) in [4.78, 5) is 25.8. The summed E-state index contributed by atoms with van der Waals surface area (Å²) < 4.78 is 13.5. The van der Waals surface area contributed by atoms with Gasteiger partial charge in [0.1, 0.15) is 11.5 Å². The molecule has 2 amide bonds. The number of benzene rings is 6. The first-order valence-electron chi connectivity index (χ1n) is 16.5. The molecule has 0 saturated heterocycles. The van der Waals surface area contributed by atoms with E-state index < -0.39 is 5.41 Å². The third kappa shape index (κ3) is 6.94. The van der Waals surface area contributed by atoms with Crippen LogP contribution in [0.25, 0.3) is 11.1 Å². The highest BCUT2D eigenvalue weighted by molar-refractivity contribution is 9.10. The number of carbonyl (C=O) groups is 2. The number of fused-ring (bicyclic) bond motifs is 3. The normalized spacial score (nSPS) is 12.4. The molecular formula is C43H34Br2N2O4. The van der Waals surface area contributed by atoms with Crippen LogP contribution in [0.4, 0.5) is 11.4 Å². The summed E-state index contributed by atoms with van der Waals surface area (Å²) in [5.74, 6) is 0.843. The predicted octanol–water partition coefficient (Wildman–Crippen LogP) is 10.2. The van der Waals surface area contributed by atoms with Gasteiger partial charge in [0.25, 0.3) is 11.8 Å². The molecule has 0 aliphatic heterocycles. The van der Waals surface area contributed by atoms with Gasteiger partial charge in [-0.3, -0.25) is 9.59 Å². The fourth-order valence-corrected chi connectivity index (χ4v) is 7.81. The van der Waals surface area contributed by atoms with Crippen molar-refractivity contribution in [3.05, 3.63) is 176 Å². The molecule has 0 bridgehead atoms. The highest BCUT2D eigenvalue weighted by Crippen LogP contribution is 2.56. The number of rotatable bonds is 10. The second-order valence-corrected chi connectivity index (χ2v) is 14.3. The molecule has 1 aliphatic carbocycles. The molecule has 0 saturated carbocycles. The zero-order valence-electron chi connectivity index (χ0n) is 28.0. The number of halogens is 2. The molecule has 0 aromatic heterocycles. The van der Waals surface area contributed by atoms with Crippen LogP contribution in [-0.2, 0) is 15.0 Å². The van der Waals surface area contributed by atoms with Crippen LogP contribution < -0.4 is 20.1 Å². The van der Waals surface area contributed by atoms with Gasteiger partial charge in [-0.25, -0.2) is 0 Å². The van der Waals surface area contributed by atoms with Gasteiger partial charge < -0.3 is 20.1 Å². The number of anilines is 2. The van der Waals surface area contributed by atoms with E-state index in [1.807, 2.05) is 74.5 Å². The molecule has 6 aromatic carbocycles. The number of amides is 2. The van der Waals surface area contributed by atoms with Gasteiger partial charge in [-0.15, -0.1) is 0 Å². The fraction of sp³-hybridized carbons (Fsp3) is 0.116. The molecule has 0 atom stereocenters. The number of ether oxygens (including phenoxy) is 2. The Hall–Kier alpha value is -5.18. The maximum absolute atomic E-state index is 12.9. The zero-order valence-corrected chi connectivity index (χ0v) is 31.2. The molecule has 2 N–H and O–H groups in total. The molecule has 6 nitrogen and oxygen atoms in total. The van der Waals surface area contributed by atoms with Crippen LogP contribution >= 0.6 is 31.9 Å². The van der Waals surface area contributed by atoms with Crippen LogP contribution in [0.3, 0.4) is 0 Å². The van der Waals surface area contributed by atoms with Crippen LogP contribution in [-0.4, -0.2) is 25.0 Å². The predicted molar refractivity (Wildman–Crippen MR) is 210 cm³/mol. The molecule has 0 fully saturated rings. The average Bonchev–Trinajstić information content (AvgIpc) is 3.43. The molecular weight excluding hydrogens is 768 g/mol. The quantitative estimate of drug-likeness (QED) is 0.144. The first-order chi connectivity index (χ1) is 24.7. The van der Waals surface area contributed by atoms with Gasteiger partial charge in [-0.05, 0) is 119 Å². The number of aryl methyl sites for hydroxylation is 2. The van der Waals surface area contributed by atoms with Gasteiger partial charge in [-0.1, -0.05) is 105 Å². The molecule has 0 spiro atoms. The van der Waals surface area contributed by atoms with Gasteiger partial charge in [0.2, 0.25) is 0 Å². The van der Waals surface area contributed by atoms with Gasteiger partial charge >= 0.3 is 0 Å². The maximum Gasteiger partial charge on any atom is 0.262 e. The fourth-order valence-electron chi connectivity index (χ4n) is 6.86. The molecule has 0 unspecified atom stereocenters. The Bertz CT molecular complexity index is 2090. The summed E-state index contributed by atoms with van der Waals surface area (Å²) in [5, 5.41) is 5.96. The van der Waals surface area contributed by atoms with Gasteiger partial charge in [0, 0.05) is 20.3 Å². The van der Waals surface area contributed by atoms with Crippen molar-refractivity contribution in [3.8, 4) is 22.6 Å². The Kier molecular flexibility index (Phi) is 9.80. The van der Waals surface area contributed by atoms with Gasteiger partial charge in [0.05, 0.1) is 5.41 Å². The lowest BCUT2D eigenvalue weighted by Crippen LogP contribution is -2.28. The van der Waals surface area contributed by atoms with Crippen molar-refractivity contribution >= 4 is 55.0 Å². The van der Waals surface area contributed by atoms with Crippen molar-refractivity contribution in [1.29, 1.82) is 0 Å². The molecule has 0 radical (unpaired) electrons. The summed E-state index contributed by atoms with van der Waals surface area (Å²) in [6.07, 6.45) is 0. The summed E-state index contributed by atoms with van der Waals surface area (Å²) >= 11 is 6.92. The number of hydrogen-bond donors (Lipinski definition) is 2. The SMILES string of the molecule is Cc1cc(Br)ccc1OCC(=O)Nc1ccc(C2(c3ccc(NC(=O)COc4ccc(Br)cc4C)cc3)c3ccccc3-c3ccccc32)cc1.